The number of amides is 1. The Morgan fingerprint density at radius 2 is 2.00 bits per heavy atom. The van der Waals surface area contributed by atoms with Gasteiger partial charge in [0.15, 0.2) is 0 Å². The Kier molecular flexibility index (Phi) is 9.52. The fourth-order valence-corrected chi connectivity index (χ4v) is 3.94. The molecule has 0 spiro atoms. The average Bonchev–Trinajstić information content (AvgIpc) is 2.72. The highest BCUT2D eigenvalue weighted by Gasteiger charge is 2.33. The first kappa shape index (κ1) is 25.4. The van der Waals surface area contributed by atoms with Gasteiger partial charge in [0.05, 0.1) is 17.3 Å². The van der Waals surface area contributed by atoms with Crippen LogP contribution in [0.5, 0.6) is 0 Å². The number of aliphatic hydroxyl groups excluding tert-OH is 1. The lowest BCUT2D eigenvalue weighted by Gasteiger charge is -2.32. The summed E-state index contributed by atoms with van der Waals surface area (Å²) >= 11 is 0. The number of hydrogen-bond donors (Lipinski definition) is 5. The van der Waals surface area contributed by atoms with Crippen LogP contribution in [-0.2, 0) is 6.18 Å². The van der Waals surface area contributed by atoms with E-state index in [1.54, 1.807) is 0 Å². The van der Waals surface area contributed by atoms with Gasteiger partial charge >= 0.3 is 6.18 Å². The molecular formula is C21H34F3N5O2. The summed E-state index contributed by atoms with van der Waals surface area (Å²) in [6.45, 7) is 3.69. The molecule has 1 aliphatic carbocycles. The van der Waals surface area contributed by atoms with Gasteiger partial charge in [-0.1, -0.05) is 26.2 Å². The number of anilines is 1. The summed E-state index contributed by atoms with van der Waals surface area (Å²) in [7, 11) is 0. The fourth-order valence-electron chi connectivity index (χ4n) is 3.94. The first-order chi connectivity index (χ1) is 14.7. The molecule has 31 heavy (non-hydrogen) atoms. The van der Waals surface area contributed by atoms with Crippen LogP contribution in [0, 0.1) is 5.92 Å². The normalized spacial score (nSPS) is 18.3. The van der Waals surface area contributed by atoms with Crippen LogP contribution in [0.4, 0.5) is 19.0 Å². The molecule has 1 heterocycles. The largest absolute Gasteiger partial charge is 0.417 e. The minimum Gasteiger partial charge on any atom is -0.396 e. The van der Waals surface area contributed by atoms with Crippen molar-refractivity contribution in [2.24, 2.45) is 11.7 Å². The van der Waals surface area contributed by atoms with Crippen LogP contribution in [0.1, 0.15) is 68.3 Å². The van der Waals surface area contributed by atoms with Gasteiger partial charge in [0.25, 0.3) is 5.91 Å². The first-order valence-electron chi connectivity index (χ1n) is 10.9. The van der Waals surface area contributed by atoms with E-state index in [0.29, 0.717) is 12.2 Å². The van der Waals surface area contributed by atoms with Gasteiger partial charge in [-0.2, -0.15) is 13.2 Å². The lowest BCUT2D eigenvalue weighted by atomic mass is 9.91. The highest BCUT2D eigenvalue weighted by atomic mass is 19.4. The van der Waals surface area contributed by atoms with Crippen molar-refractivity contribution >= 4 is 11.7 Å². The quantitative estimate of drug-likeness (QED) is 0.354. The molecule has 3 unspecified atom stereocenters. The number of nitrogens with one attached hydrogen (secondary N) is 3. The number of halogens is 3. The molecule has 1 fully saturated rings. The van der Waals surface area contributed by atoms with Crippen LogP contribution >= 0.6 is 0 Å². The molecule has 0 radical (unpaired) electrons. The lowest BCUT2D eigenvalue weighted by molar-refractivity contribution is -0.137. The van der Waals surface area contributed by atoms with Crippen molar-refractivity contribution in [2.45, 2.75) is 76.8 Å². The van der Waals surface area contributed by atoms with Gasteiger partial charge in [-0.15, -0.1) is 0 Å². The highest BCUT2D eigenvalue weighted by molar-refractivity contribution is 5.99. The van der Waals surface area contributed by atoms with E-state index in [4.69, 9.17) is 5.73 Å². The molecule has 0 saturated heterocycles. The summed E-state index contributed by atoms with van der Waals surface area (Å²) in [5.74, 6) is -0.915. The summed E-state index contributed by atoms with van der Waals surface area (Å²) in [6, 6.07) is 1.21. The Morgan fingerprint density at radius 3 is 2.55 bits per heavy atom. The number of carbonyl (C=O) groups is 1. The number of pyridine rings is 1. The third kappa shape index (κ3) is 7.62. The number of nitrogens with zero attached hydrogens (tertiary/aromatic N) is 1. The van der Waals surface area contributed by atoms with Crippen molar-refractivity contribution in [3.8, 4) is 0 Å². The van der Waals surface area contributed by atoms with E-state index in [9.17, 15) is 23.1 Å². The Morgan fingerprint density at radius 1 is 1.32 bits per heavy atom. The minimum absolute atomic E-state index is 0.0251. The third-order valence-electron chi connectivity index (χ3n) is 5.65. The van der Waals surface area contributed by atoms with E-state index in [-0.39, 0.29) is 36.5 Å². The average molecular weight is 446 g/mol. The van der Waals surface area contributed by atoms with Gasteiger partial charge < -0.3 is 26.8 Å². The van der Waals surface area contributed by atoms with Gasteiger partial charge in [-0.25, -0.2) is 4.98 Å². The van der Waals surface area contributed by atoms with Gasteiger partial charge in [0, 0.05) is 37.4 Å². The SMILES string of the molecule is CCC(NC1CCCCC1)C(CO)CNc1ncc(C(F)(F)F)cc1C(=O)NC(C)N. The summed E-state index contributed by atoms with van der Waals surface area (Å²) in [6.07, 6.45) is 1.94. The minimum atomic E-state index is -4.63. The number of carbonyl (C=O) groups excluding carboxylic acids is 1. The Balaban J connectivity index is 2.15. The topological polar surface area (TPSA) is 112 Å². The van der Waals surface area contributed by atoms with E-state index < -0.39 is 23.8 Å². The number of aliphatic hydroxyl groups is 1. The van der Waals surface area contributed by atoms with Crippen molar-refractivity contribution in [2.75, 3.05) is 18.5 Å². The zero-order valence-corrected chi connectivity index (χ0v) is 18.1. The van der Waals surface area contributed by atoms with Crippen LogP contribution < -0.4 is 21.7 Å². The number of alkyl halides is 3. The van der Waals surface area contributed by atoms with E-state index in [0.717, 1.165) is 25.3 Å². The van der Waals surface area contributed by atoms with E-state index in [2.05, 4.69) is 20.9 Å². The van der Waals surface area contributed by atoms with E-state index in [1.807, 2.05) is 6.92 Å². The van der Waals surface area contributed by atoms with Crippen LogP contribution in [0.25, 0.3) is 0 Å². The van der Waals surface area contributed by atoms with Crippen LogP contribution in [0.15, 0.2) is 12.3 Å². The van der Waals surface area contributed by atoms with Gasteiger partial charge in [-0.3, -0.25) is 4.79 Å². The zero-order valence-electron chi connectivity index (χ0n) is 18.1. The third-order valence-corrected chi connectivity index (χ3v) is 5.65. The molecule has 0 aromatic carbocycles. The second-order valence-electron chi connectivity index (χ2n) is 8.22. The number of hydrogen-bond acceptors (Lipinski definition) is 6. The number of rotatable bonds is 10. The van der Waals surface area contributed by atoms with Crippen molar-refractivity contribution in [1.82, 2.24) is 15.6 Å². The maximum atomic E-state index is 13.1. The molecule has 1 saturated carbocycles. The fraction of sp³-hybridized carbons (Fsp3) is 0.714. The predicted molar refractivity (Wildman–Crippen MR) is 114 cm³/mol. The maximum absolute atomic E-state index is 13.1. The molecule has 1 aromatic heterocycles. The monoisotopic (exact) mass is 445 g/mol. The summed E-state index contributed by atoms with van der Waals surface area (Å²) in [4.78, 5) is 16.3. The van der Waals surface area contributed by atoms with Gasteiger partial charge in [0.1, 0.15) is 5.82 Å². The Labute approximate surface area is 181 Å². The number of nitrogens with two attached hydrogens (primary N) is 1. The second-order valence-corrected chi connectivity index (χ2v) is 8.22. The molecule has 0 bridgehead atoms. The molecule has 10 heteroatoms. The smallest absolute Gasteiger partial charge is 0.396 e. The Hall–Kier alpha value is -1.91. The van der Waals surface area contributed by atoms with Crippen molar-refractivity contribution in [3.63, 3.8) is 0 Å². The highest BCUT2D eigenvalue weighted by Crippen LogP contribution is 2.31. The van der Waals surface area contributed by atoms with Crippen molar-refractivity contribution < 1.29 is 23.1 Å². The van der Waals surface area contributed by atoms with Gasteiger partial charge in [-0.05, 0) is 32.3 Å². The maximum Gasteiger partial charge on any atom is 0.417 e. The van der Waals surface area contributed by atoms with Crippen LogP contribution in [0.2, 0.25) is 0 Å². The van der Waals surface area contributed by atoms with E-state index >= 15 is 0 Å². The summed E-state index contributed by atoms with van der Waals surface area (Å²) in [5.41, 5.74) is 4.30. The second kappa shape index (κ2) is 11.6. The number of aromatic nitrogens is 1. The Bertz CT molecular complexity index is 709. The van der Waals surface area contributed by atoms with Crippen LogP contribution in [0.3, 0.4) is 0 Å². The first-order valence-corrected chi connectivity index (χ1v) is 10.9. The summed E-state index contributed by atoms with van der Waals surface area (Å²) in [5, 5.41) is 18.9. The lowest BCUT2D eigenvalue weighted by Crippen LogP contribution is -2.46. The standard InChI is InChI=1S/C21H34F3N5O2/c1-3-18(29-16-7-5-4-6-8-16)14(12-30)10-26-19-17(20(31)28-13(2)25)9-15(11-27-19)21(22,23)24/h9,11,13-14,16,18,29-30H,3-8,10,12,25H2,1-2H3,(H,26,27)(H,28,31). The molecule has 2 rings (SSSR count). The van der Waals surface area contributed by atoms with Gasteiger partial charge in [0.2, 0.25) is 0 Å². The molecular weight excluding hydrogens is 411 g/mol. The molecule has 7 nitrogen and oxygen atoms in total. The molecule has 176 valence electrons. The molecule has 3 atom stereocenters. The van der Waals surface area contributed by atoms with Crippen molar-refractivity contribution in [3.05, 3.63) is 23.4 Å². The summed E-state index contributed by atoms with van der Waals surface area (Å²) < 4.78 is 39.3. The van der Waals surface area contributed by atoms with Crippen LogP contribution in [-0.4, -0.2) is 47.4 Å². The molecule has 1 amide bonds. The molecule has 1 aromatic rings. The molecule has 0 aliphatic heterocycles. The zero-order chi connectivity index (χ0) is 23.0. The van der Waals surface area contributed by atoms with E-state index in [1.165, 1.54) is 26.2 Å². The molecule has 1 aliphatic rings. The molecule has 6 N–H and O–H groups in total. The van der Waals surface area contributed by atoms with Crippen molar-refractivity contribution in [1.29, 1.82) is 0 Å². The predicted octanol–water partition coefficient (Wildman–Crippen LogP) is 2.86.